The van der Waals surface area contributed by atoms with Gasteiger partial charge in [-0.2, -0.15) is 0 Å². The molecule has 1 aliphatic carbocycles. The molecule has 2 amide bonds. The number of amides is 2. The zero-order chi connectivity index (χ0) is 34.0. The second kappa shape index (κ2) is 14.3. The molecule has 3 aromatic carbocycles. The van der Waals surface area contributed by atoms with Crippen molar-refractivity contribution < 1.29 is 14.7 Å². The van der Waals surface area contributed by atoms with Crippen molar-refractivity contribution in [2.75, 3.05) is 55.6 Å². The molecule has 1 aromatic heterocycles. The van der Waals surface area contributed by atoms with Crippen LogP contribution in [0.2, 0.25) is 0 Å². The lowest BCUT2D eigenvalue weighted by molar-refractivity contribution is -0.134. The number of aromatic hydroxyl groups is 1. The summed E-state index contributed by atoms with van der Waals surface area (Å²) in [5, 5.41) is 12.6. The number of piperidine rings is 2. The van der Waals surface area contributed by atoms with E-state index < -0.39 is 0 Å². The van der Waals surface area contributed by atoms with Gasteiger partial charge in [0.25, 0.3) is 0 Å². The summed E-state index contributed by atoms with van der Waals surface area (Å²) in [5.74, 6) is 2.03. The quantitative estimate of drug-likeness (QED) is 0.226. The van der Waals surface area contributed by atoms with Crippen LogP contribution in [-0.2, 0) is 16.0 Å². The van der Waals surface area contributed by atoms with Gasteiger partial charge in [0.1, 0.15) is 11.6 Å². The number of imide groups is 1. The van der Waals surface area contributed by atoms with Crippen LogP contribution < -0.4 is 15.1 Å². The van der Waals surface area contributed by atoms with Gasteiger partial charge in [-0.05, 0) is 102 Å². The van der Waals surface area contributed by atoms with Gasteiger partial charge in [-0.25, -0.2) is 4.98 Å². The average molecular weight is 670 g/mol. The molecule has 8 rings (SSSR count). The van der Waals surface area contributed by atoms with Gasteiger partial charge in [0, 0.05) is 70.0 Å². The fraction of sp³-hybridized carbons (Fsp3) is 0.405. The lowest BCUT2D eigenvalue weighted by Crippen LogP contribution is -2.49. The van der Waals surface area contributed by atoms with E-state index in [9.17, 15) is 14.7 Å². The normalized spacial score (nSPS) is 23.4. The van der Waals surface area contributed by atoms with Crippen molar-refractivity contribution >= 4 is 23.3 Å². The largest absolute Gasteiger partial charge is 0.508 e. The van der Waals surface area contributed by atoms with E-state index in [2.05, 4.69) is 80.7 Å². The Morgan fingerprint density at radius 2 is 1.48 bits per heavy atom. The Bertz CT molecular complexity index is 1800. The smallest absolute Gasteiger partial charge is 0.234 e. The summed E-state index contributed by atoms with van der Waals surface area (Å²) in [4.78, 5) is 36.0. The van der Waals surface area contributed by atoms with Crippen LogP contribution in [0.3, 0.4) is 0 Å². The predicted octanol–water partition coefficient (Wildman–Crippen LogP) is 6.21. The molecule has 50 heavy (non-hydrogen) atoms. The molecule has 258 valence electrons. The Hall–Kier alpha value is -4.69. The third-order valence-electron chi connectivity index (χ3n) is 11.7. The van der Waals surface area contributed by atoms with Crippen LogP contribution in [0.4, 0.5) is 11.5 Å². The van der Waals surface area contributed by atoms with Gasteiger partial charge < -0.3 is 14.9 Å². The van der Waals surface area contributed by atoms with Crippen molar-refractivity contribution in [1.29, 1.82) is 0 Å². The lowest BCUT2D eigenvalue weighted by atomic mass is 9.69. The first kappa shape index (κ1) is 32.5. The molecular formula is C42H47N5O3. The molecule has 8 heteroatoms. The maximum atomic E-state index is 12.3. The van der Waals surface area contributed by atoms with Crippen LogP contribution in [0.15, 0.2) is 91.1 Å². The number of carbonyl (C=O) groups is 2. The second-order valence-electron chi connectivity index (χ2n) is 14.7. The number of pyridine rings is 1. The minimum atomic E-state index is -0.291. The number of rotatable bonds is 7. The molecule has 4 heterocycles. The van der Waals surface area contributed by atoms with Gasteiger partial charge in [0.15, 0.2) is 0 Å². The molecule has 2 N–H and O–H groups in total. The first-order valence-corrected chi connectivity index (χ1v) is 18.5. The number of hydrogen-bond donors (Lipinski definition) is 2. The van der Waals surface area contributed by atoms with Gasteiger partial charge in [0.05, 0.1) is 5.92 Å². The van der Waals surface area contributed by atoms with Crippen molar-refractivity contribution in [2.45, 2.75) is 56.3 Å². The van der Waals surface area contributed by atoms with E-state index in [0.29, 0.717) is 30.4 Å². The number of fused-ring (bicyclic) bond motifs is 1. The average Bonchev–Trinajstić information content (AvgIpc) is 3.15. The Labute approximate surface area is 295 Å². The van der Waals surface area contributed by atoms with Crippen LogP contribution in [0.5, 0.6) is 5.75 Å². The zero-order valence-electron chi connectivity index (χ0n) is 28.7. The van der Waals surface area contributed by atoms with E-state index in [-0.39, 0.29) is 23.7 Å². The number of anilines is 2. The van der Waals surface area contributed by atoms with E-state index in [4.69, 9.17) is 4.98 Å². The highest BCUT2D eigenvalue weighted by Gasteiger charge is 2.33. The summed E-state index contributed by atoms with van der Waals surface area (Å²) in [5.41, 5.74) is 7.55. The summed E-state index contributed by atoms with van der Waals surface area (Å²) in [6.45, 7) is 7.30. The fourth-order valence-corrected chi connectivity index (χ4v) is 8.87. The maximum absolute atomic E-state index is 12.3. The number of aryl methyl sites for hydroxylation is 1. The number of piperazine rings is 1. The van der Waals surface area contributed by atoms with Gasteiger partial charge in [-0.1, -0.05) is 54.6 Å². The molecule has 3 aliphatic heterocycles. The number of benzene rings is 3. The number of hydrogen-bond acceptors (Lipinski definition) is 7. The van der Waals surface area contributed by atoms with Gasteiger partial charge in [-0.15, -0.1) is 0 Å². The monoisotopic (exact) mass is 669 g/mol. The minimum Gasteiger partial charge on any atom is -0.508 e. The Kier molecular flexibility index (Phi) is 9.28. The van der Waals surface area contributed by atoms with Gasteiger partial charge >= 0.3 is 0 Å². The maximum Gasteiger partial charge on any atom is 0.234 e. The van der Waals surface area contributed by atoms with E-state index in [0.717, 1.165) is 70.0 Å². The highest BCUT2D eigenvalue weighted by Crippen LogP contribution is 2.47. The molecule has 8 nitrogen and oxygen atoms in total. The molecule has 3 atom stereocenters. The Balaban J connectivity index is 0.842. The standard InChI is InChI=1S/C42H47N5O3/c48-35-12-14-37-32(26-35)8-13-36(30-4-2-1-3-5-30)41(37)31-6-10-34(11-7-31)46-20-18-29(19-21-46)28-45-22-24-47(25-23-45)39-16-9-33(27-43-39)38-15-17-40(49)44-42(38)50/h1-7,9-12,14,16,26-27,29,36,38,41,48H,8,13,15,17-25,28H2,(H,44,49,50)/t36-,38?,41+/m1/s1. The van der Waals surface area contributed by atoms with Crippen LogP contribution >= 0.6 is 0 Å². The number of aromatic nitrogens is 1. The van der Waals surface area contributed by atoms with Crippen molar-refractivity contribution in [3.63, 3.8) is 0 Å². The summed E-state index contributed by atoms with van der Waals surface area (Å²) in [7, 11) is 0. The second-order valence-corrected chi connectivity index (χ2v) is 14.7. The summed E-state index contributed by atoms with van der Waals surface area (Å²) in [6.07, 6.45) is 7.22. The molecule has 0 spiro atoms. The first-order chi connectivity index (χ1) is 24.5. The molecule has 0 radical (unpaired) electrons. The van der Waals surface area contributed by atoms with E-state index in [1.807, 2.05) is 30.5 Å². The Morgan fingerprint density at radius 1 is 0.720 bits per heavy atom. The van der Waals surface area contributed by atoms with E-state index in [1.54, 1.807) is 0 Å². The number of phenolic OH excluding ortho intramolecular Hbond substituents is 1. The fourth-order valence-electron chi connectivity index (χ4n) is 8.87. The summed E-state index contributed by atoms with van der Waals surface area (Å²) < 4.78 is 0. The van der Waals surface area contributed by atoms with Crippen LogP contribution in [0.25, 0.3) is 0 Å². The summed E-state index contributed by atoms with van der Waals surface area (Å²) >= 11 is 0. The number of phenols is 1. The summed E-state index contributed by atoms with van der Waals surface area (Å²) in [6, 6.07) is 30.3. The van der Waals surface area contributed by atoms with E-state index in [1.165, 1.54) is 40.8 Å². The molecular weight excluding hydrogens is 622 g/mol. The number of carbonyl (C=O) groups excluding carboxylic acids is 2. The van der Waals surface area contributed by atoms with Gasteiger partial charge in [0.2, 0.25) is 11.8 Å². The highest BCUT2D eigenvalue weighted by molar-refractivity contribution is 6.00. The van der Waals surface area contributed by atoms with Crippen molar-refractivity contribution in [3.8, 4) is 5.75 Å². The lowest BCUT2D eigenvalue weighted by Gasteiger charge is -2.40. The molecule has 3 fully saturated rings. The van der Waals surface area contributed by atoms with Crippen LogP contribution in [-0.4, -0.2) is 72.6 Å². The van der Waals surface area contributed by atoms with Crippen LogP contribution in [0, 0.1) is 5.92 Å². The molecule has 4 aliphatic rings. The van der Waals surface area contributed by atoms with Crippen molar-refractivity contribution in [2.24, 2.45) is 5.92 Å². The van der Waals surface area contributed by atoms with E-state index >= 15 is 0 Å². The Morgan fingerprint density at radius 3 is 2.20 bits per heavy atom. The molecule has 1 unspecified atom stereocenters. The molecule has 0 bridgehead atoms. The molecule has 3 saturated heterocycles. The predicted molar refractivity (Wildman–Crippen MR) is 197 cm³/mol. The highest BCUT2D eigenvalue weighted by atomic mass is 16.3. The zero-order valence-corrected chi connectivity index (χ0v) is 28.7. The van der Waals surface area contributed by atoms with Crippen molar-refractivity contribution in [1.82, 2.24) is 15.2 Å². The number of nitrogens with one attached hydrogen (secondary N) is 1. The topological polar surface area (TPSA) is 89.0 Å². The SMILES string of the molecule is O=C1CCC(c2ccc(N3CCN(CC4CCN(c5ccc([C@@H]6c7ccc(O)cc7CC[C@@H]6c6ccccc6)cc5)CC4)CC3)nc2)C(=O)N1. The third-order valence-corrected chi connectivity index (χ3v) is 11.7. The minimum absolute atomic E-state index is 0.188. The molecule has 0 saturated carbocycles. The van der Waals surface area contributed by atoms with Crippen molar-refractivity contribution in [3.05, 3.63) is 119 Å². The number of nitrogens with zero attached hydrogens (tertiary/aromatic N) is 4. The first-order valence-electron chi connectivity index (χ1n) is 18.5. The molecule has 4 aromatic rings. The third kappa shape index (κ3) is 6.86. The van der Waals surface area contributed by atoms with Gasteiger partial charge in [-0.3, -0.25) is 19.8 Å². The van der Waals surface area contributed by atoms with Crippen LogP contribution in [0.1, 0.15) is 77.7 Å².